The van der Waals surface area contributed by atoms with Gasteiger partial charge in [0.25, 0.3) is 0 Å². The molecule has 1 aliphatic heterocycles. The van der Waals surface area contributed by atoms with E-state index in [0.29, 0.717) is 43.4 Å². The Kier molecular flexibility index (Phi) is 7.88. The molecule has 1 heterocycles. The average molecular weight is 474 g/mol. The van der Waals surface area contributed by atoms with Crippen LogP contribution in [0, 0.1) is 0 Å². The van der Waals surface area contributed by atoms with Gasteiger partial charge in [0.05, 0.1) is 14.2 Å². The standard InChI is InChI=1S/C28H31N3O4/c1-34-25-14-13-24(19-26(25)35-2)31-18-17-30(28(31)33)21-27(32)29(20-23-11-7-4-8-12-23)16-15-22-9-5-3-6-10-22/h3-14,19H,15-18,20-21H2,1-2H3. The lowest BCUT2D eigenvalue weighted by atomic mass is 10.1. The first-order valence-electron chi connectivity index (χ1n) is 11.7. The van der Waals surface area contributed by atoms with Gasteiger partial charge >= 0.3 is 6.03 Å². The zero-order valence-electron chi connectivity index (χ0n) is 20.2. The normalized spacial score (nSPS) is 13.1. The van der Waals surface area contributed by atoms with E-state index in [1.165, 1.54) is 5.56 Å². The van der Waals surface area contributed by atoms with Crippen molar-refractivity contribution in [3.8, 4) is 11.5 Å². The van der Waals surface area contributed by atoms with E-state index in [2.05, 4.69) is 12.1 Å². The molecule has 3 aromatic rings. The Morgan fingerprint density at radius 2 is 1.51 bits per heavy atom. The number of ether oxygens (including phenoxy) is 2. The highest BCUT2D eigenvalue weighted by atomic mass is 16.5. The summed E-state index contributed by atoms with van der Waals surface area (Å²) >= 11 is 0. The molecule has 1 aliphatic rings. The highest BCUT2D eigenvalue weighted by Crippen LogP contribution is 2.32. The van der Waals surface area contributed by atoms with E-state index >= 15 is 0 Å². The van der Waals surface area contributed by atoms with Crippen molar-refractivity contribution in [1.82, 2.24) is 9.80 Å². The van der Waals surface area contributed by atoms with Crippen LogP contribution in [-0.4, -0.2) is 62.1 Å². The predicted molar refractivity (Wildman–Crippen MR) is 136 cm³/mol. The SMILES string of the molecule is COc1ccc(N2CCN(CC(=O)N(CCc3ccccc3)Cc3ccccc3)C2=O)cc1OC. The maximum Gasteiger partial charge on any atom is 0.325 e. The van der Waals surface area contributed by atoms with E-state index in [0.717, 1.165) is 12.0 Å². The van der Waals surface area contributed by atoms with Crippen LogP contribution < -0.4 is 14.4 Å². The molecule has 35 heavy (non-hydrogen) atoms. The molecule has 1 saturated heterocycles. The van der Waals surface area contributed by atoms with Crippen LogP contribution in [0.15, 0.2) is 78.9 Å². The van der Waals surface area contributed by atoms with E-state index < -0.39 is 0 Å². The summed E-state index contributed by atoms with van der Waals surface area (Å²) in [6, 6.07) is 25.3. The molecule has 0 saturated carbocycles. The van der Waals surface area contributed by atoms with E-state index in [4.69, 9.17) is 9.47 Å². The second kappa shape index (κ2) is 11.4. The monoisotopic (exact) mass is 473 g/mol. The van der Waals surface area contributed by atoms with Crippen LogP contribution >= 0.6 is 0 Å². The molecule has 0 bridgehead atoms. The van der Waals surface area contributed by atoms with Gasteiger partial charge in [-0.1, -0.05) is 60.7 Å². The summed E-state index contributed by atoms with van der Waals surface area (Å²) < 4.78 is 10.7. The number of rotatable bonds is 10. The fraction of sp³-hybridized carbons (Fsp3) is 0.286. The first-order chi connectivity index (χ1) is 17.1. The minimum absolute atomic E-state index is 0.0459. The van der Waals surface area contributed by atoms with Crippen LogP contribution in [0.5, 0.6) is 11.5 Å². The third kappa shape index (κ3) is 5.93. The maximum atomic E-state index is 13.4. The maximum absolute atomic E-state index is 13.4. The molecule has 0 N–H and O–H groups in total. The quantitative estimate of drug-likeness (QED) is 0.442. The zero-order chi connectivity index (χ0) is 24.6. The summed E-state index contributed by atoms with van der Waals surface area (Å²) in [6.45, 7) is 2.12. The van der Waals surface area contributed by atoms with Crippen molar-refractivity contribution in [2.45, 2.75) is 13.0 Å². The van der Waals surface area contributed by atoms with Gasteiger partial charge in [-0.25, -0.2) is 4.79 Å². The summed E-state index contributed by atoms with van der Waals surface area (Å²) in [6.07, 6.45) is 0.755. The molecule has 1 fully saturated rings. The average Bonchev–Trinajstić information content (AvgIpc) is 3.26. The number of benzene rings is 3. The Labute approximate surface area is 206 Å². The van der Waals surface area contributed by atoms with E-state index in [9.17, 15) is 9.59 Å². The van der Waals surface area contributed by atoms with E-state index in [1.807, 2.05) is 59.5 Å². The first-order valence-corrected chi connectivity index (χ1v) is 11.7. The van der Waals surface area contributed by atoms with Crippen molar-refractivity contribution in [2.24, 2.45) is 0 Å². The van der Waals surface area contributed by atoms with Gasteiger partial charge in [-0.2, -0.15) is 0 Å². The van der Waals surface area contributed by atoms with Gasteiger partial charge in [0.2, 0.25) is 5.91 Å². The van der Waals surface area contributed by atoms with Crippen LogP contribution in [0.3, 0.4) is 0 Å². The molecule has 0 radical (unpaired) electrons. The Balaban J connectivity index is 1.44. The fourth-order valence-corrected chi connectivity index (χ4v) is 4.23. The number of hydrogen-bond acceptors (Lipinski definition) is 4. The third-order valence-electron chi connectivity index (χ3n) is 6.18. The lowest BCUT2D eigenvalue weighted by Crippen LogP contribution is -2.42. The topological polar surface area (TPSA) is 62.3 Å². The molecule has 4 rings (SSSR count). The number of hydrogen-bond donors (Lipinski definition) is 0. The Morgan fingerprint density at radius 3 is 2.17 bits per heavy atom. The minimum Gasteiger partial charge on any atom is -0.493 e. The smallest absolute Gasteiger partial charge is 0.325 e. The summed E-state index contributed by atoms with van der Waals surface area (Å²) in [5, 5.41) is 0. The van der Waals surface area contributed by atoms with Gasteiger partial charge in [-0.15, -0.1) is 0 Å². The summed E-state index contributed by atoms with van der Waals surface area (Å²) in [5.74, 6) is 1.10. The second-order valence-corrected chi connectivity index (χ2v) is 8.43. The van der Waals surface area contributed by atoms with Gasteiger partial charge in [0.15, 0.2) is 11.5 Å². The lowest BCUT2D eigenvalue weighted by molar-refractivity contribution is -0.132. The van der Waals surface area contributed by atoms with Crippen molar-refractivity contribution < 1.29 is 19.1 Å². The highest BCUT2D eigenvalue weighted by molar-refractivity contribution is 5.96. The molecule has 3 amide bonds. The lowest BCUT2D eigenvalue weighted by Gasteiger charge is -2.26. The Hall–Kier alpha value is -4.00. The van der Waals surface area contributed by atoms with Crippen LogP contribution in [0.4, 0.5) is 10.5 Å². The van der Waals surface area contributed by atoms with E-state index in [1.54, 1.807) is 36.2 Å². The fourth-order valence-electron chi connectivity index (χ4n) is 4.23. The molecule has 0 unspecified atom stereocenters. The molecule has 0 atom stereocenters. The van der Waals surface area contributed by atoms with Crippen LogP contribution in [0.25, 0.3) is 0 Å². The van der Waals surface area contributed by atoms with Gasteiger partial charge in [-0.3, -0.25) is 9.69 Å². The predicted octanol–water partition coefficient (Wildman–Crippen LogP) is 4.22. The number of methoxy groups -OCH3 is 2. The molecule has 182 valence electrons. The molecule has 3 aromatic carbocycles. The van der Waals surface area contributed by atoms with Gasteiger partial charge in [-0.05, 0) is 29.7 Å². The van der Waals surface area contributed by atoms with Crippen molar-refractivity contribution in [3.63, 3.8) is 0 Å². The largest absolute Gasteiger partial charge is 0.493 e. The van der Waals surface area contributed by atoms with E-state index in [-0.39, 0.29) is 18.5 Å². The van der Waals surface area contributed by atoms with Crippen molar-refractivity contribution in [2.75, 3.05) is 45.3 Å². The number of amides is 3. The van der Waals surface area contributed by atoms with Gasteiger partial charge in [0.1, 0.15) is 6.54 Å². The van der Waals surface area contributed by atoms with Gasteiger partial charge in [0, 0.05) is 37.9 Å². The van der Waals surface area contributed by atoms with Crippen molar-refractivity contribution >= 4 is 17.6 Å². The molecule has 0 aromatic heterocycles. The molecule has 7 heteroatoms. The molecular formula is C28H31N3O4. The second-order valence-electron chi connectivity index (χ2n) is 8.43. The number of carbonyl (C=O) groups excluding carboxylic acids is 2. The highest BCUT2D eigenvalue weighted by Gasteiger charge is 2.32. The van der Waals surface area contributed by atoms with Crippen molar-refractivity contribution in [1.29, 1.82) is 0 Å². The first kappa shape index (κ1) is 24.1. The van der Waals surface area contributed by atoms with Gasteiger partial charge < -0.3 is 19.3 Å². The molecule has 0 spiro atoms. The molecule has 7 nitrogen and oxygen atoms in total. The van der Waals surface area contributed by atoms with Crippen LogP contribution in [0.2, 0.25) is 0 Å². The van der Waals surface area contributed by atoms with Crippen LogP contribution in [0.1, 0.15) is 11.1 Å². The number of carbonyl (C=O) groups is 2. The summed E-state index contributed by atoms with van der Waals surface area (Å²) in [4.78, 5) is 31.7. The number of urea groups is 1. The Morgan fingerprint density at radius 1 is 0.857 bits per heavy atom. The Bertz CT molecular complexity index is 1140. The third-order valence-corrected chi connectivity index (χ3v) is 6.18. The summed E-state index contributed by atoms with van der Waals surface area (Å²) in [7, 11) is 3.14. The zero-order valence-corrected chi connectivity index (χ0v) is 20.2. The summed E-state index contributed by atoms with van der Waals surface area (Å²) in [5.41, 5.74) is 2.96. The number of nitrogens with zero attached hydrogens (tertiary/aromatic N) is 3. The number of anilines is 1. The molecule has 0 aliphatic carbocycles. The molecular weight excluding hydrogens is 442 g/mol. The minimum atomic E-state index is -0.187. The van der Waals surface area contributed by atoms with Crippen LogP contribution in [-0.2, 0) is 17.8 Å². The van der Waals surface area contributed by atoms with Crippen molar-refractivity contribution in [3.05, 3.63) is 90.0 Å².